The van der Waals surface area contributed by atoms with Crippen LogP contribution in [0.1, 0.15) is 41.0 Å². The average Bonchev–Trinajstić information content (AvgIpc) is 3.57. The van der Waals surface area contributed by atoms with Gasteiger partial charge in [0.1, 0.15) is 0 Å². The third-order valence-corrected chi connectivity index (χ3v) is 34.2. The van der Waals surface area contributed by atoms with Crippen LogP contribution in [0.4, 0.5) is 0 Å². The van der Waals surface area contributed by atoms with Gasteiger partial charge in [-0.1, -0.05) is 0 Å². The molecule has 4 nitrogen and oxygen atoms in total. The number of hydrogen-bond acceptors (Lipinski definition) is 2. The van der Waals surface area contributed by atoms with Crippen LogP contribution in [0.2, 0.25) is 0 Å². The number of nitrogens with zero attached hydrogens (tertiary/aromatic N) is 2. The Morgan fingerprint density at radius 1 is 0.610 bits per heavy atom. The minimum atomic E-state index is -2.95. The molecule has 2 unspecified atom stereocenters. The molecule has 0 bridgehead atoms. The Kier molecular flexibility index (Phi) is 8.52. The van der Waals surface area contributed by atoms with Gasteiger partial charge in [-0.15, -0.1) is 0 Å². The fourth-order valence-corrected chi connectivity index (χ4v) is 33.7. The molecule has 0 spiro atoms. The van der Waals surface area contributed by atoms with Crippen LogP contribution in [0, 0.1) is 31.7 Å². The molecule has 207 valence electrons. The van der Waals surface area contributed by atoms with Crippen LogP contribution in [-0.2, 0) is 8.92 Å². The van der Waals surface area contributed by atoms with Gasteiger partial charge in [-0.2, -0.15) is 0 Å². The summed E-state index contributed by atoms with van der Waals surface area (Å²) in [6, 6.07) is 37.8. The summed E-state index contributed by atoms with van der Waals surface area (Å²) >= 11 is -2.95. The van der Waals surface area contributed by atoms with Gasteiger partial charge in [0.15, 0.2) is 0 Å². The summed E-state index contributed by atoms with van der Waals surface area (Å²) in [6.07, 6.45) is 4.53. The molecule has 0 radical (unpaired) electrons. The van der Waals surface area contributed by atoms with Crippen LogP contribution in [-0.4, -0.2) is 44.0 Å². The summed E-state index contributed by atoms with van der Waals surface area (Å²) in [5, 5.41) is 0. The van der Waals surface area contributed by atoms with E-state index in [0.29, 0.717) is 6.54 Å². The average molecular weight is 715 g/mol. The van der Waals surface area contributed by atoms with E-state index >= 15 is 0 Å². The molecule has 2 atom stereocenters. The van der Waals surface area contributed by atoms with Gasteiger partial charge >= 0.3 is 258 Å². The molecule has 0 saturated heterocycles. The molecule has 4 aromatic carbocycles. The van der Waals surface area contributed by atoms with Gasteiger partial charge in [-0.05, 0) is 0 Å². The zero-order valence-electron chi connectivity index (χ0n) is 23.5. The Hall–Kier alpha value is -2.68. The molecule has 0 aliphatic heterocycles. The van der Waals surface area contributed by atoms with E-state index in [-0.39, 0.29) is 7.62 Å². The second-order valence-corrected chi connectivity index (χ2v) is 30.6. The standard InChI is InChI=1S/C17H16NOSi.C15H11.C2H6NOSi.Gd/c1-18(20-19)12-17-15-10-6-5-9-14(15)11-16(17)13-7-3-2-4-8-13;1-2-6-12(7-3-1)15-10-13-8-4-5-9-14(13)11-15;1-3(2)5-4;/h2-11,17H,12H2,1H3;1-11H;1-2H3;. The van der Waals surface area contributed by atoms with Gasteiger partial charge in [0.05, 0.1) is 0 Å². The number of benzene rings is 4. The van der Waals surface area contributed by atoms with Crippen LogP contribution < -0.4 is 0 Å². The zero-order chi connectivity index (χ0) is 28.5. The number of fused-ring (bicyclic) bond motifs is 2. The van der Waals surface area contributed by atoms with Gasteiger partial charge in [0.25, 0.3) is 0 Å². The molecule has 0 amide bonds. The van der Waals surface area contributed by atoms with E-state index in [2.05, 4.69) is 114 Å². The maximum atomic E-state index is 14.8. The van der Waals surface area contributed by atoms with Gasteiger partial charge in [-0.3, -0.25) is 0 Å². The Morgan fingerprint density at radius 2 is 1.10 bits per heavy atom. The molecule has 0 saturated carbocycles. The van der Waals surface area contributed by atoms with Crippen molar-refractivity contribution in [2.45, 2.75) is 7.62 Å². The molecule has 0 N–H and O–H groups in total. The van der Waals surface area contributed by atoms with Crippen molar-refractivity contribution in [1.82, 2.24) is 9.13 Å². The first-order chi connectivity index (χ1) is 19.9. The molecule has 6 rings (SSSR count). The molecule has 0 aromatic heterocycles. The Morgan fingerprint density at radius 3 is 1.71 bits per heavy atom. The fraction of sp³-hybridized carbons (Fsp3) is 0.176. The number of allylic oxidation sites excluding steroid dienone is 1. The summed E-state index contributed by atoms with van der Waals surface area (Å²) in [5.74, 6) is 0.107. The van der Waals surface area contributed by atoms with Crippen molar-refractivity contribution in [2.75, 3.05) is 27.7 Å². The SMILES string of the molecule is CN(C)[Si](=O)[Gd]([CH]1C(c2ccccc2)=Cc2ccccc21)[Si](=O)N(C)CC1C(c2ccccc2)=Cc2ccccc21. The van der Waals surface area contributed by atoms with Crippen molar-refractivity contribution in [1.29, 1.82) is 0 Å². The van der Waals surface area contributed by atoms with E-state index in [0.717, 1.165) is 11.1 Å². The van der Waals surface area contributed by atoms with E-state index in [9.17, 15) is 8.92 Å². The van der Waals surface area contributed by atoms with Gasteiger partial charge in [-0.25, -0.2) is 0 Å². The van der Waals surface area contributed by atoms with Crippen molar-refractivity contribution in [3.05, 3.63) is 143 Å². The van der Waals surface area contributed by atoms with E-state index < -0.39 is 38.8 Å². The van der Waals surface area contributed by atoms with Crippen molar-refractivity contribution in [2.24, 2.45) is 0 Å². The normalized spacial score (nSPS) is 17.2. The summed E-state index contributed by atoms with van der Waals surface area (Å²) in [7, 11) is 5.78. The molecule has 0 fully saturated rings. The molecule has 2 aliphatic carbocycles. The van der Waals surface area contributed by atoms with Crippen LogP contribution in [0.15, 0.2) is 109 Å². The van der Waals surface area contributed by atoms with Crippen molar-refractivity contribution in [3.63, 3.8) is 0 Å². The van der Waals surface area contributed by atoms with Gasteiger partial charge in [0, 0.05) is 0 Å². The molecular weight excluding hydrogens is 682 g/mol. The molecule has 4 aromatic rings. The fourth-order valence-electron chi connectivity index (χ4n) is 5.75. The first kappa shape index (κ1) is 28.4. The van der Waals surface area contributed by atoms with E-state index in [1.807, 2.05) is 37.8 Å². The zero-order valence-corrected chi connectivity index (χ0v) is 27.7. The third kappa shape index (κ3) is 5.58. The monoisotopic (exact) mass is 715 g/mol. The quantitative estimate of drug-likeness (QED) is 0.184. The van der Waals surface area contributed by atoms with Crippen molar-refractivity contribution < 1.29 is 40.6 Å². The molecular formula is C34H33GdN2O2Si2. The van der Waals surface area contributed by atoms with Crippen molar-refractivity contribution >= 4 is 30.5 Å². The van der Waals surface area contributed by atoms with Crippen LogP contribution >= 0.6 is 0 Å². The number of rotatable bonds is 9. The van der Waals surface area contributed by atoms with E-state index in [4.69, 9.17) is 0 Å². The summed E-state index contributed by atoms with van der Waals surface area (Å²) in [4.78, 5) is 0. The summed E-state index contributed by atoms with van der Waals surface area (Å²) < 4.78 is 28.5. The topological polar surface area (TPSA) is 40.6 Å². The molecule has 41 heavy (non-hydrogen) atoms. The van der Waals surface area contributed by atoms with Crippen LogP contribution in [0.5, 0.6) is 0 Å². The first-order valence-corrected chi connectivity index (χ1v) is 24.3. The summed E-state index contributed by atoms with van der Waals surface area (Å²) in [6.45, 7) is 0.635. The predicted molar refractivity (Wildman–Crippen MR) is 166 cm³/mol. The maximum absolute atomic E-state index is 14.8. The molecule has 0 heterocycles. The van der Waals surface area contributed by atoms with Gasteiger partial charge in [0.2, 0.25) is 0 Å². The summed E-state index contributed by atoms with van der Waals surface area (Å²) in [5.41, 5.74) is 9.60. The first-order valence-electron chi connectivity index (χ1n) is 13.8. The second kappa shape index (κ2) is 12.3. The van der Waals surface area contributed by atoms with Gasteiger partial charge < -0.3 is 0 Å². The number of hydrogen-bond donors (Lipinski definition) is 0. The Bertz CT molecular complexity index is 1670. The van der Waals surface area contributed by atoms with Crippen molar-refractivity contribution in [3.8, 4) is 0 Å². The molecule has 2 aliphatic rings. The Balaban J connectivity index is 1.38. The van der Waals surface area contributed by atoms with Crippen LogP contribution in [0.3, 0.4) is 0 Å². The third-order valence-electron chi connectivity index (χ3n) is 7.73. The Labute approximate surface area is 255 Å². The van der Waals surface area contributed by atoms with Crippen LogP contribution in [0.25, 0.3) is 23.3 Å². The minimum absolute atomic E-state index is 0.0359. The second-order valence-electron chi connectivity index (χ2n) is 10.6. The van der Waals surface area contributed by atoms with E-state index in [1.165, 1.54) is 33.4 Å². The number of likely N-dealkylation sites (N-methyl/N-ethyl adjacent to an activating group) is 1. The van der Waals surface area contributed by atoms with E-state index in [1.54, 1.807) is 0 Å². The molecule has 7 heteroatoms. The predicted octanol–water partition coefficient (Wildman–Crippen LogP) is 6.56.